The molecule has 1 unspecified atom stereocenters. The molecule has 0 aromatic heterocycles. The fraction of sp³-hybridized carbons (Fsp3) is 0.333. The monoisotopic (exact) mass is 331 g/mol. The summed E-state index contributed by atoms with van der Waals surface area (Å²) in [5, 5.41) is 0. The molecule has 5 heteroatoms. The van der Waals surface area contributed by atoms with Crippen LogP contribution in [0.2, 0.25) is 0 Å². The first-order valence-corrected chi connectivity index (χ1v) is 9.05. The van der Waals surface area contributed by atoms with Gasteiger partial charge in [-0.3, -0.25) is 4.21 Å². The summed E-state index contributed by atoms with van der Waals surface area (Å²) in [5.74, 6) is 2.26. The van der Waals surface area contributed by atoms with Crippen LogP contribution in [0.15, 0.2) is 53.4 Å². The molecule has 2 aromatic carbocycles. The molecule has 122 valence electrons. The molecule has 1 atom stereocenters. The van der Waals surface area contributed by atoms with E-state index in [2.05, 4.69) is 11.0 Å². The maximum absolute atomic E-state index is 12.2. The molecule has 4 nitrogen and oxygen atoms in total. The average Bonchev–Trinajstić information content (AvgIpc) is 2.60. The van der Waals surface area contributed by atoms with Crippen LogP contribution < -0.4 is 9.47 Å². The van der Waals surface area contributed by atoms with Crippen LogP contribution in [0.5, 0.6) is 11.5 Å². The van der Waals surface area contributed by atoms with Gasteiger partial charge in [-0.15, -0.1) is 0 Å². The third-order valence-corrected chi connectivity index (χ3v) is 5.07. The summed E-state index contributed by atoms with van der Waals surface area (Å²) in [6.07, 6.45) is 0. The third-order valence-electron chi connectivity index (χ3n) is 3.72. The Balaban J connectivity index is 1.53. The number of hydrogen-bond donors (Lipinski definition) is 0. The summed E-state index contributed by atoms with van der Waals surface area (Å²) in [7, 11) is 1.09. The summed E-state index contributed by atoms with van der Waals surface area (Å²) in [6.45, 7) is 2.78. The zero-order chi connectivity index (χ0) is 16.1. The quantitative estimate of drug-likeness (QED) is 0.816. The zero-order valence-electron chi connectivity index (χ0n) is 13.2. The second kappa shape index (κ2) is 7.62. The van der Waals surface area contributed by atoms with Gasteiger partial charge in [-0.2, -0.15) is 0 Å². The number of fused-ring (bicyclic) bond motifs is 1. The molecule has 2 aromatic rings. The number of nitrogens with zero attached hydrogens (tertiary/aromatic N) is 1. The molecular formula is C18H21NO3S. The van der Waals surface area contributed by atoms with E-state index >= 15 is 0 Å². The van der Waals surface area contributed by atoms with Gasteiger partial charge < -0.3 is 14.4 Å². The van der Waals surface area contributed by atoms with Gasteiger partial charge in [-0.25, -0.2) is 0 Å². The van der Waals surface area contributed by atoms with Crippen molar-refractivity contribution in [2.24, 2.45) is 0 Å². The van der Waals surface area contributed by atoms with Crippen LogP contribution in [0.4, 0.5) is 0 Å². The smallest absolute Gasteiger partial charge is 0.161 e. The van der Waals surface area contributed by atoms with Crippen molar-refractivity contribution in [1.29, 1.82) is 0 Å². The van der Waals surface area contributed by atoms with Gasteiger partial charge in [-0.05, 0) is 36.9 Å². The highest BCUT2D eigenvalue weighted by Crippen LogP contribution is 2.30. The summed E-state index contributed by atoms with van der Waals surface area (Å²) < 4.78 is 23.4. The Bertz CT molecular complexity index is 675. The molecule has 0 aliphatic carbocycles. The van der Waals surface area contributed by atoms with Crippen molar-refractivity contribution in [1.82, 2.24) is 4.90 Å². The Hall–Kier alpha value is -1.85. The van der Waals surface area contributed by atoms with Crippen LogP contribution in [0.25, 0.3) is 0 Å². The molecule has 0 spiro atoms. The molecule has 3 rings (SSSR count). The van der Waals surface area contributed by atoms with Gasteiger partial charge >= 0.3 is 0 Å². The van der Waals surface area contributed by atoms with E-state index < -0.39 is 10.8 Å². The number of ether oxygens (including phenoxy) is 2. The lowest BCUT2D eigenvalue weighted by molar-refractivity contribution is 0.171. The Kier molecular flexibility index (Phi) is 5.31. The van der Waals surface area contributed by atoms with E-state index in [9.17, 15) is 4.21 Å². The molecule has 0 amide bonds. The Labute approximate surface area is 139 Å². The zero-order valence-corrected chi connectivity index (χ0v) is 14.1. The minimum absolute atomic E-state index is 0.600. The molecule has 0 bridgehead atoms. The van der Waals surface area contributed by atoms with E-state index in [1.165, 1.54) is 5.56 Å². The molecule has 1 heterocycles. The molecule has 0 saturated heterocycles. The molecule has 1 aliphatic rings. The largest absolute Gasteiger partial charge is 0.486 e. The summed E-state index contributed by atoms with van der Waals surface area (Å²) in [4.78, 5) is 3.06. The van der Waals surface area contributed by atoms with Crippen LogP contribution in [0.3, 0.4) is 0 Å². The van der Waals surface area contributed by atoms with Crippen molar-refractivity contribution in [3.63, 3.8) is 0 Å². The van der Waals surface area contributed by atoms with E-state index in [0.29, 0.717) is 19.0 Å². The van der Waals surface area contributed by atoms with Crippen molar-refractivity contribution in [2.45, 2.75) is 11.4 Å². The molecule has 0 saturated carbocycles. The average molecular weight is 331 g/mol. The second-order valence-electron chi connectivity index (χ2n) is 5.58. The van der Waals surface area contributed by atoms with Crippen molar-refractivity contribution >= 4 is 10.8 Å². The molecule has 0 N–H and O–H groups in total. The van der Waals surface area contributed by atoms with Gasteiger partial charge in [0, 0.05) is 23.7 Å². The Morgan fingerprint density at radius 2 is 1.78 bits per heavy atom. The van der Waals surface area contributed by atoms with Gasteiger partial charge in [0.25, 0.3) is 0 Å². The fourth-order valence-electron chi connectivity index (χ4n) is 2.51. The van der Waals surface area contributed by atoms with Gasteiger partial charge in [0.15, 0.2) is 11.5 Å². The summed E-state index contributed by atoms with van der Waals surface area (Å²) in [6, 6.07) is 15.7. The first kappa shape index (κ1) is 16.0. The first-order valence-electron chi connectivity index (χ1n) is 7.73. The number of rotatable bonds is 6. The normalized spacial score (nSPS) is 14.7. The van der Waals surface area contributed by atoms with Crippen LogP contribution in [0.1, 0.15) is 5.56 Å². The molecule has 1 aliphatic heterocycles. The highest BCUT2D eigenvalue weighted by molar-refractivity contribution is 7.85. The van der Waals surface area contributed by atoms with Crippen molar-refractivity contribution < 1.29 is 13.7 Å². The SMILES string of the molecule is CN(CCS(=O)c1ccccc1)Cc1ccc2c(c1)OCCO2. The fourth-order valence-corrected chi connectivity index (χ4v) is 3.68. The maximum atomic E-state index is 12.2. The van der Waals surface area contributed by atoms with Crippen LogP contribution in [-0.4, -0.2) is 41.7 Å². The van der Waals surface area contributed by atoms with Gasteiger partial charge in [0.2, 0.25) is 0 Å². The lowest BCUT2D eigenvalue weighted by Crippen LogP contribution is -2.23. The van der Waals surface area contributed by atoms with E-state index in [-0.39, 0.29) is 0 Å². The minimum Gasteiger partial charge on any atom is -0.486 e. The van der Waals surface area contributed by atoms with E-state index in [1.54, 1.807) is 0 Å². The van der Waals surface area contributed by atoms with E-state index in [0.717, 1.165) is 29.5 Å². The number of benzene rings is 2. The highest BCUT2D eigenvalue weighted by atomic mass is 32.2. The Morgan fingerprint density at radius 1 is 1.04 bits per heavy atom. The van der Waals surface area contributed by atoms with Crippen molar-refractivity contribution in [3.8, 4) is 11.5 Å². The van der Waals surface area contributed by atoms with Crippen LogP contribution in [0, 0.1) is 0 Å². The van der Waals surface area contributed by atoms with Crippen molar-refractivity contribution in [3.05, 3.63) is 54.1 Å². The molecular weight excluding hydrogens is 310 g/mol. The van der Waals surface area contributed by atoms with Crippen molar-refractivity contribution in [2.75, 3.05) is 32.6 Å². The lowest BCUT2D eigenvalue weighted by atomic mass is 10.2. The molecule has 0 fully saturated rings. The maximum Gasteiger partial charge on any atom is 0.161 e. The predicted octanol–water partition coefficient (Wildman–Crippen LogP) is 2.70. The minimum atomic E-state index is -0.950. The van der Waals surface area contributed by atoms with Crippen LogP contribution >= 0.6 is 0 Å². The summed E-state index contributed by atoms with van der Waals surface area (Å²) in [5.41, 5.74) is 1.17. The standard InChI is InChI=1S/C18H21NO3S/c1-19(9-12-23(20)16-5-3-2-4-6-16)14-15-7-8-17-18(13-15)22-11-10-21-17/h2-8,13H,9-12,14H2,1H3. The van der Waals surface area contributed by atoms with Gasteiger partial charge in [-0.1, -0.05) is 24.3 Å². The topological polar surface area (TPSA) is 38.8 Å². The Morgan fingerprint density at radius 3 is 2.57 bits per heavy atom. The van der Waals surface area contributed by atoms with Crippen LogP contribution in [-0.2, 0) is 17.3 Å². The highest BCUT2D eigenvalue weighted by Gasteiger charge is 2.12. The van der Waals surface area contributed by atoms with Gasteiger partial charge in [0.1, 0.15) is 13.2 Å². The summed E-state index contributed by atoms with van der Waals surface area (Å²) >= 11 is 0. The van der Waals surface area contributed by atoms with E-state index in [4.69, 9.17) is 9.47 Å². The van der Waals surface area contributed by atoms with E-state index in [1.807, 2.05) is 49.5 Å². The number of hydrogen-bond acceptors (Lipinski definition) is 4. The molecule has 0 radical (unpaired) electrons. The molecule has 23 heavy (non-hydrogen) atoms. The first-order chi connectivity index (χ1) is 11.2. The second-order valence-corrected chi connectivity index (χ2v) is 7.15. The lowest BCUT2D eigenvalue weighted by Gasteiger charge is -2.21. The predicted molar refractivity (Wildman–Crippen MR) is 91.5 cm³/mol. The van der Waals surface area contributed by atoms with Gasteiger partial charge in [0.05, 0.1) is 10.8 Å². The third kappa shape index (κ3) is 4.33.